The van der Waals surface area contributed by atoms with Crippen LogP contribution in [0.1, 0.15) is 0 Å². The smallest absolute Gasteiger partial charge is 0.164 e. The van der Waals surface area contributed by atoms with Crippen molar-refractivity contribution in [1.82, 2.24) is 15.0 Å². The molecule has 0 atom stereocenters. The fourth-order valence-electron chi connectivity index (χ4n) is 6.36. The molecule has 2 heterocycles. The van der Waals surface area contributed by atoms with Crippen molar-refractivity contribution < 1.29 is 4.42 Å². The second kappa shape index (κ2) is 11.2. The summed E-state index contributed by atoms with van der Waals surface area (Å²) in [5, 5.41) is 4.54. The van der Waals surface area contributed by atoms with E-state index < -0.39 is 0 Å². The van der Waals surface area contributed by atoms with Crippen LogP contribution in [0.15, 0.2) is 168 Å². The largest absolute Gasteiger partial charge is 0.456 e. The molecule has 0 aliphatic rings. The second-order valence-electron chi connectivity index (χ2n) is 11.7. The lowest BCUT2D eigenvalue weighted by atomic mass is 9.98. The minimum Gasteiger partial charge on any atom is -0.456 e. The average molecular weight is 602 g/mol. The lowest BCUT2D eigenvalue weighted by molar-refractivity contribution is 0.669. The molecule has 0 radical (unpaired) electrons. The number of rotatable bonds is 5. The van der Waals surface area contributed by atoms with E-state index in [1.54, 1.807) is 0 Å². The Balaban J connectivity index is 1.13. The highest BCUT2D eigenvalue weighted by Crippen LogP contribution is 2.37. The minimum absolute atomic E-state index is 0.631. The Morgan fingerprint density at radius 2 is 0.851 bits per heavy atom. The summed E-state index contributed by atoms with van der Waals surface area (Å²) in [5.41, 5.74) is 9.22. The molecule has 0 N–H and O–H groups in total. The SMILES string of the molecule is c1ccc(-c2ccc3cc(-c4nc(-c5ccccc5)nc(-c5ccc(-c6cccc7oc8ccccc8c67)cc5)n4)ccc3c2)cc1. The van der Waals surface area contributed by atoms with Gasteiger partial charge in [-0.1, -0.05) is 140 Å². The van der Waals surface area contributed by atoms with Crippen LogP contribution in [-0.2, 0) is 0 Å². The first-order valence-corrected chi connectivity index (χ1v) is 15.7. The Bertz CT molecular complexity index is 2550. The Kier molecular flexibility index (Phi) is 6.43. The summed E-state index contributed by atoms with van der Waals surface area (Å²) in [7, 11) is 0. The van der Waals surface area contributed by atoms with Crippen molar-refractivity contribution in [3.8, 4) is 56.4 Å². The first-order chi connectivity index (χ1) is 23.3. The number of para-hydroxylation sites is 1. The fourth-order valence-corrected chi connectivity index (χ4v) is 6.36. The van der Waals surface area contributed by atoms with E-state index >= 15 is 0 Å². The third-order valence-electron chi connectivity index (χ3n) is 8.73. The van der Waals surface area contributed by atoms with Crippen LogP contribution < -0.4 is 0 Å². The van der Waals surface area contributed by atoms with Crippen molar-refractivity contribution in [1.29, 1.82) is 0 Å². The van der Waals surface area contributed by atoms with Crippen LogP contribution in [0.25, 0.3) is 89.1 Å². The van der Waals surface area contributed by atoms with Crippen molar-refractivity contribution in [3.05, 3.63) is 164 Å². The molecule has 47 heavy (non-hydrogen) atoms. The molecular formula is C43H27N3O. The van der Waals surface area contributed by atoms with Gasteiger partial charge in [0.15, 0.2) is 17.5 Å². The molecule has 0 fully saturated rings. The number of furan rings is 1. The van der Waals surface area contributed by atoms with E-state index in [-0.39, 0.29) is 0 Å². The van der Waals surface area contributed by atoms with E-state index in [9.17, 15) is 0 Å². The van der Waals surface area contributed by atoms with E-state index in [2.05, 4.69) is 103 Å². The summed E-state index contributed by atoms with van der Waals surface area (Å²) >= 11 is 0. The van der Waals surface area contributed by atoms with Gasteiger partial charge in [-0.15, -0.1) is 0 Å². The van der Waals surface area contributed by atoms with Gasteiger partial charge in [-0.3, -0.25) is 0 Å². The van der Waals surface area contributed by atoms with Gasteiger partial charge in [0.05, 0.1) is 0 Å². The van der Waals surface area contributed by atoms with Crippen molar-refractivity contribution in [2.75, 3.05) is 0 Å². The van der Waals surface area contributed by atoms with Crippen LogP contribution in [-0.4, -0.2) is 15.0 Å². The zero-order valence-electron chi connectivity index (χ0n) is 25.3. The molecule has 0 spiro atoms. The van der Waals surface area contributed by atoms with Crippen LogP contribution >= 0.6 is 0 Å². The predicted octanol–water partition coefficient (Wildman–Crippen LogP) is 11.3. The monoisotopic (exact) mass is 601 g/mol. The van der Waals surface area contributed by atoms with Crippen molar-refractivity contribution in [2.24, 2.45) is 0 Å². The summed E-state index contributed by atoms with van der Waals surface area (Å²) in [6.07, 6.45) is 0. The van der Waals surface area contributed by atoms with Gasteiger partial charge in [0.1, 0.15) is 11.2 Å². The molecule has 9 aromatic rings. The molecule has 2 aromatic heterocycles. The Hall–Kier alpha value is -6.39. The summed E-state index contributed by atoms with van der Waals surface area (Å²) in [5.74, 6) is 1.91. The molecule has 0 unspecified atom stereocenters. The lowest BCUT2D eigenvalue weighted by Crippen LogP contribution is -2.00. The normalized spacial score (nSPS) is 11.4. The number of nitrogens with zero attached hydrogens (tertiary/aromatic N) is 3. The minimum atomic E-state index is 0.631. The van der Waals surface area contributed by atoms with Crippen molar-refractivity contribution in [2.45, 2.75) is 0 Å². The van der Waals surface area contributed by atoms with Gasteiger partial charge in [0, 0.05) is 27.5 Å². The summed E-state index contributed by atoms with van der Waals surface area (Å²) < 4.78 is 6.14. The summed E-state index contributed by atoms with van der Waals surface area (Å²) in [6, 6.07) is 56.4. The van der Waals surface area contributed by atoms with Crippen LogP contribution in [0.2, 0.25) is 0 Å². The highest BCUT2D eigenvalue weighted by atomic mass is 16.3. The zero-order chi connectivity index (χ0) is 31.2. The van der Waals surface area contributed by atoms with Gasteiger partial charge in [0.25, 0.3) is 0 Å². The standard InChI is InChI=1S/C43H27N3O/c1-3-10-28(11-4-1)32-22-23-34-27-35(25-24-33(34)26-32)43-45-41(30-12-5-2-6-13-30)44-42(46-43)31-20-18-29(19-21-31)36-15-9-17-39-40(36)37-14-7-8-16-38(37)47-39/h1-27H. The lowest BCUT2D eigenvalue weighted by Gasteiger charge is -2.10. The van der Waals surface area contributed by atoms with E-state index in [0.29, 0.717) is 17.5 Å². The van der Waals surface area contributed by atoms with Gasteiger partial charge in [-0.05, 0) is 57.3 Å². The third kappa shape index (κ3) is 4.93. The average Bonchev–Trinajstić information content (AvgIpc) is 3.54. The van der Waals surface area contributed by atoms with Crippen LogP contribution in [0.5, 0.6) is 0 Å². The highest BCUT2D eigenvalue weighted by molar-refractivity contribution is 6.12. The predicted molar refractivity (Wildman–Crippen MR) is 192 cm³/mol. The summed E-state index contributed by atoms with van der Waals surface area (Å²) in [6.45, 7) is 0. The molecular weight excluding hydrogens is 574 g/mol. The van der Waals surface area contributed by atoms with Crippen LogP contribution in [0.3, 0.4) is 0 Å². The molecule has 0 saturated heterocycles. The quantitative estimate of drug-likeness (QED) is 0.197. The number of hydrogen-bond acceptors (Lipinski definition) is 4. The molecule has 0 amide bonds. The van der Waals surface area contributed by atoms with Gasteiger partial charge in [0.2, 0.25) is 0 Å². The molecule has 7 aromatic carbocycles. The van der Waals surface area contributed by atoms with Crippen molar-refractivity contribution in [3.63, 3.8) is 0 Å². The fraction of sp³-hybridized carbons (Fsp3) is 0. The molecule has 0 saturated carbocycles. The third-order valence-corrected chi connectivity index (χ3v) is 8.73. The van der Waals surface area contributed by atoms with Crippen molar-refractivity contribution >= 4 is 32.7 Å². The molecule has 4 heteroatoms. The molecule has 0 aliphatic heterocycles. The van der Waals surface area contributed by atoms with Crippen LogP contribution in [0.4, 0.5) is 0 Å². The Morgan fingerprint density at radius 3 is 1.57 bits per heavy atom. The maximum Gasteiger partial charge on any atom is 0.164 e. The molecule has 9 rings (SSSR count). The number of fused-ring (bicyclic) bond motifs is 4. The Morgan fingerprint density at radius 1 is 0.340 bits per heavy atom. The highest BCUT2D eigenvalue weighted by Gasteiger charge is 2.15. The molecule has 0 aliphatic carbocycles. The Labute approximate surface area is 271 Å². The second-order valence-corrected chi connectivity index (χ2v) is 11.7. The topological polar surface area (TPSA) is 51.8 Å². The van der Waals surface area contributed by atoms with Gasteiger partial charge in [-0.25, -0.2) is 15.0 Å². The van der Waals surface area contributed by atoms with E-state index in [1.807, 2.05) is 60.7 Å². The van der Waals surface area contributed by atoms with E-state index in [0.717, 1.165) is 55.1 Å². The number of benzene rings is 7. The number of aromatic nitrogens is 3. The molecule has 4 nitrogen and oxygen atoms in total. The maximum atomic E-state index is 6.14. The van der Waals surface area contributed by atoms with E-state index in [1.165, 1.54) is 16.5 Å². The number of hydrogen-bond donors (Lipinski definition) is 0. The summed E-state index contributed by atoms with van der Waals surface area (Å²) in [4.78, 5) is 14.9. The van der Waals surface area contributed by atoms with E-state index in [4.69, 9.17) is 19.4 Å². The molecule has 220 valence electrons. The maximum absolute atomic E-state index is 6.14. The van der Waals surface area contributed by atoms with Crippen LogP contribution in [0, 0.1) is 0 Å². The van der Waals surface area contributed by atoms with Gasteiger partial charge in [-0.2, -0.15) is 0 Å². The zero-order valence-corrected chi connectivity index (χ0v) is 25.3. The first kappa shape index (κ1) is 27.0. The van der Waals surface area contributed by atoms with Gasteiger partial charge >= 0.3 is 0 Å². The van der Waals surface area contributed by atoms with Gasteiger partial charge < -0.3 is 4.42 Å². The first-order valence-electron chi connectivity index (χ1n) is 15.7. The molecule has 0 bridgehead atoms.